The molecule has 4 rings (SSSR count). The van der Waals surface area contributed by atoms with E-state index < -0.39 is 0 Å². The van der Waals surface area contributed by atoms with Crippen molar-refractivity contribution in [2.75, 3.05) is 25.7 Å². The van der Waals surface area contributed by atoms with Crippen molar-refractivity contribution in [3.63, 3.8) is 0 Å². The van der Waals surface area contributed by atoms with Crippen molar-refractivity contribution >= 4 is 11.6 Å². The van der Waals surface area contributed by atoms with Crippen LogP contribution in [0, 0.1) is 0 Å². The van der Waals surface area contributed by atoms with Crippen LogP contribution in [0.15, 0.2) is 53.1 Å². The van der Waals surface area contributed by atoms with Gasteiger partial charge in [0.1, 0.15) is 11.5 Å². The van der Waals surface area contributed by atoms with E-state index in [0.717, 1.165) is 17.0 Å². The average Bonchev–Trinajstić information content (AvgIpc) is 3.35. The van der Waals surface area contributed by atoms with Gasteiger partial charge in [0.25, 0.3) is 5.89 Å². The topological polar surface area (TPSA) is 77.7 Å². The minimum absolute atomic E-state index is 0.0359. The van der Waals surface area contributed by atoms with Crippen LogP contribution in [0.2, 0.25) is 0 Å². The Bertz CT molecular complexity index is 952. The summed E-state index contributed by atoms with van der Waals surface area (Å²) >= 11 is 0. The van der Waals surface area contributed by atoms with Gasteiger partial charge in [0.05, 0.1) is 19.8 Å². The number of hydrogen-bond acceptors (Lipinski definition) is 6. The van der Waals surface area contributed by atoms with Crippen LogP contribution in [-0.4, -0.2) is 36.8 Å². The Morgan fingerprint density at radius 2 is 1.85 bits per heavy atom. The lowest BCUT2D eigenvalue weighted by atomic mass is 10.1. The number of rotatable bonds is 5. The number of benzene rings is 2. The van der Waals surface area contributed by atoms with E-state index in [1.807, 2.05) is 48.5 Å². The Morgan fingerprint density at radius 3 is 2.59 bits per heavy atom. The third-order valence-electron chi connectivity index (χ3n) is 4.65. The quantitative estimate of drug-likeness (QED) is 0.691. The Labute approximate surface area is 156 Å². The molecule has 3 aromatic rings. The number of para-hydroxylation sites is 1. The number of methoxy groups -OCH3 is 2. The number of aromatic nitrogens is 2. The third-order valence-corrected chi connectivity index (χ3v) is 4.65. The summed E-state index contributed by atoms with van der Waals surface area (Å²) in [6, 6.07) is 14.9. The van der Waals surface area contributed by atoms with E-state index in [1.165, 1.54) is 0 Å². The van der Waals surface area contributed by atoms with Crippen LogP contribution in [0.25, 0.3) is 11.5 Å². The van der Waals surface area contributed by atoms with Gasteiger partial charge < -0.3 is 18.9 Å². The molecule has 0 saturated carbocycles. The minimum atomic E-state index is -0.119. The van der Waals surface area contributed by atoms with Crippen LogP contribution in [-0.2, 0) is 4.79 Å². The van der Waals surface area contributed by atoms with Crippen molar-refractivity contribution in [2.24, 2.45) is 0 Å². The molecule has 2 aromatic carbocycles. The van der Waals surface area contributed by atoms with Crippen molar-refractivity contribution in [1.82, 2.24) is 10.1 Å². The molecule has 27 heavy (non-hydrogen) atoms. The summed E-state index contributed by atoms with van der Waals surface area (Å²) in [6.45, 7) is 0.510. The Kier molecular flexibility index (Phi) is 4.50. The van der Waals surface area contributed by atoms with E-state index in [4.69, 9.17) is 14.0 Å². The molecule has 7 nitrogen and oxygen atoms in total. The number of ether oxygens (including phenoxy) is 2. The molecule has 1 atom stereocenters. The van der Waals surface area contributed by atoms with E-state index in [0.29, 0.717) is 30.4 Å². The van der Waals surface area contributed by atoms with E-state index >= 15 is 0 Å². The number of anilines is 1. The monoisotopic (exact) mass is 365 g/mol. The second-order valence-electron chi connectivity index (χ2n) is 6.26. The molecule has 1 fully saturated rings. The van der Waals surface area contributed by atoms with Gasteiger partial charge in [-0.1, -0.05) is 17.3 Å². The van der Waals surface area contributed by atoms with Gasteiger partial charge in [0.2, 0.25) is 5.91 Å². The lowest BCUT2D eigenvalue weighted by Gasteiger charge is -2.16. The van der Waals surface area contributed by atoms with E-state index in [-0.39, 0.29) is 11.8 Å². The predicted octanol–water partition coefficient (Wildman–Crippen LogP) is 3.27. The first-order valence-electron chi connectivity index (χ1n) is 8.61. The SMILES string of the molecule is COc1ccc(N2CC(c3noc(-c4ccccc4OC)n3)CC2=O)cc1. The fraction of sp³-hybridized carbons (Fsp3) is 0.250. The molecule has 0 N–H and O–H groups in total. The van der Waals surface area contributed by atoms with E-state index in [2.05, 4.69) is 10.1 Å². The largest absolute Gasteiger partial charge is 0.497 e. The third kappa shape index (κ3) is 3.23. The Morgan fingerprint density at radius 1 is 1.07 bits per heavy atom. The number of hydrogen-bond donors (Lipinski definition) is 0. The first-order chi connectivity index (χ1) is 13.2. The van der Waals surface area contributed by atoms with Crippen LogP contribution in [0.4, 0.5) is 5.69 Å². The first-order valence-corrected chi connectivity index (χ1v) is 8.61. The molecular formula is C20H19N3O4. The van der Waals surface area contributed by atoms with Crippen molar-refractivity contribution in [3.8, 4) is 23.0 Å². The summed E-state index contributed by atoms with van der Waals surface area (Å²) in [4.78, 5) is 18.7. The second kappa shape index (κ2) is 7.11. The summed E-state index contributed by atoms with van der Waals surface area (Å²) < 4.78 is 15.9. The zero-order chi connectivity index (χ0) is 18.8. The van der Waals surface area contributed by atoms with Gasteiger partial charge in [-0.2, -0.15) is 4.98 Å². The van der Waals surface area contributed by atoms with Gasteiger partial charge in [-0.25, -0.2) is 0 Å². The van der Waals surface area contributed by atoms with Gasteiger partial charge >= 0.3 is 0 Å². The van der Waals surface area contributed by atoms with Crippen LogP contribution in [0.3, 0.4) is 0 Å². The summed E-state index contributed by atoms with van der Waals surface area (Å²) in [5.74, 6) is 2.25. The number of carbonyl (C=O) groups is 1. The van der Waals surface area contributed by atoms with Crippen LogP contribution >= 0.6 is 0 Å². The van der Waals surface area contributed by atoms with Crippen molar-refractivity contribution in [2.45, 2.75) is 12.3 Å². The lowest BCUT2D eigenvalue weighted by molar-refractivity contribution is -0.117. The summed E-state index contributed by atoms with van der Waals surface area (Å²) in [7, 11) is 3.21. The molecule has 0 aliphatic carbocycles. The zero-order valence-electron chi connectivity index (χ0n) is 15.1. The smallest absolute Gasteiger partial charge is 0.261 e. The Hall–Kier alpha value is -3.35. The van der Waals surface area contributed by atoms with Crippen molar-refractivity contribution in [1.29, 1.82) is 0 Å². The van der Waals surface area contributed by atoms with Gasteiger partial charge in [-0.05, 0) is 36.4 Å². The van der Waals surface area contributed by atoms with E-state index in [9.17, 15) is 4.79 Å². The fourth-order valence-corrected chi connectivity index (χ4v) is 3.22. The highest BCUT2D eigenvalue weighted by Gasteiger charge is 2.34. The van der Waals surface area contributed by atoms with Crippen molar-refractivity contribution < 1.29 is 18.8 Å². The summed E-state index contributed by atoms with van der Waals surface area (Å²) in [5.41, 5.74) is 1.56. The van der Waals surface area contributed by atoms with Crippen LogP contribution < -0.4 is 14.4 Å². The van der Waals surface area contributed by atoms with Crippen LogP contribution in [0.5, 0.6) is 11.5 Å². The van der Waals surface area contributed by atoms with Crippen molar-refractivity contribution in [3.05, 3.63) is 54.4 Å². The van der Waals surface area contributed by atoms with Gasteiger partial charge in [-0.3, -0.25) is 4.79 Å². The predicted molar refractivity (Wildman–Crippen MR) is 99.0 cm³/mol. The molecule has 138 valence electrons. The molecule has 1 saturated heterocycles. The molecule has 0 spiro atoms. The maximum Gasteiger partial charge on any atom is 0.261 e. The maximum atomic E-state index is 12.5. The molecule has 1 aliphatic heterocycles. The molecule has 7 heteroatoms. The zero-order valence-corrected chi connectivity index (χ0v) is 15.1. The molecule has 0 bridgehead atoms. The number of nitrogens with zero attached hydrogens (tertiary/aromatic N) is 3. The maximum absolute atomic E-state index is 12.5. The van der Waals surface area contributed by atoms with E-state index in [1.54, 1.807) is 19.1 Å². The lowest BCUT2D eigenvalue weighted by Crippen LogP contribution is -2.24. The molecule has 1 amide bonds. The standard InChI is InChI=1S/C20H19N3O4/c1-25-15-9-7-14(8-10-15)23-12-13(11-18(23)24)19-21-20(27-22-19)16-5-3-4-6-17(16)26-2/h3-10,13H,11-12H2,1-2H3. The Balaban J connectivity index is 1.55. The normalized spacial score (nSPS) is 16.6. The molecule has 1 unspecified atom stereocenters. The molecule has 0 radical (unpaired) electrons. The first kappa shape index (κ1) is 17.1. The van der Waals surface area contributed by atoms with Crippen LogP contribution in [0.1, 0.15) is 18.2 Å². The number of amides is 1. The number of carbonyl (C=O) groups excluding carboxylic acids is 1. The minimum Gasteiger partial charge on any atom is -0.497 e. The average molecular weight is 365 g/mol. The highest BCUT2D eigenvalue weighted by atomic mass is 16.5. The molecular weight excluding hydrogens is 346 g/mol. The van der Waals surface area contributed by atoms with Gasteiger partial charge in [-0.15, -0.1) is 0 Å². The summed E-state index contributed by atoms with van der Waals surface area (Å²) in [6.07, 6.45) is 0.344. The highest BCUT2D eigenvalue weighted by molar-refractivity contribution is 5.96. The molecule has 1 aromatic heterocycles. The fourth-order valence-electron chi connectivity index (χ4n) is 3.22. The van der Waals surface area contributed by atoms with Gasteiger partial charge in [0.15, 0.2) is 5.82 Å². The molecule has 1 aliphatic rings. The second-order valence-corrected chi connectivity index (χ2v) is 6.26. The highest BCUT2D eigenvalue weighted by Crippen LogP contribution is 2.34. The van der Waals surface area contributed by atoms with Gasteiger partial charge in [0, 0.05) is 24.6 Å². The summed E-state index contributed by atoms with van der Waals surface area (Å²) in [5, 5.41) is 4.10. The molecule has 2 heterocycles.